The second-order valence-electron chi connectivity index (χ2n) is 6.74. The number of urea groups is 1. The van der Waals surface area contributed by atoms with E-state index in [2.05, 4.69) is 5.32 Å². The van der Waals surface area contributed by atoms with Crippen LogP contribution in [0.15, 0.2) is 36.4 Å². The molecular formula is C20H17Cl4N3O4. The fourth-order valence-corrected chi connectivity index (χ4v) is 4.40. The Hall–Kier alpha value is -2.19. The molecule has 0 spiro atoms. The number of para-hydroxylation sites is 1. The highest BCUT2D eigenvalue weighted by Gasteiger charge is 2.33. The van der Waals surface area contributed by atoms with Crippen molar-refractivity contribution in [1.82, 2.24) is 10.2 Å². The van der Waals surface area contributed by atoms with Crippen LogP contribution in [0.2, 0.25) is 20.1 Å². The molecule has 0 aliphatic carbocycles. The number of aliphatic carboxylic acids is 1. The first-order valence-corrected chi connectivity index (χ1v) is 10.7. The van der Waals surface area contributed by atoms with Gasteiger partial charge in [0.1, 0.15) is 6.04 Å². The van der Waals surface area contributed by atoms with Crippen molar-refractivity contribution in [3.8, 4) is 0 Å². The minimum absolute atomic E-state index is 0.00568. The molecule has 1 fully saturated rings. The molecule has 7 nitrogen and oxygen atoms in total. The Morgan fingerprint density at radius 2 is 1.52 bits per heavy atom. The van der Waals surface area contributed by atoms with Crippen molar-refractivity contribution in [3.63, 3.8) is 0 Å². The molecule has 0 saturated carbocycles. The summed E-state index contributed by atoms with van der Waals surface area (Å²) in [7, 11) is 0. The Bertz CT molecular complexity index is 993. The SMILES string of the molecule is O=C(NC(CCN1CCN(c2c(Cl)cccc2Cl)C1=O)C(=O)O)c1c(Cl)cccc1Cl. The molecule has 2 aromatic rings. The number of nitrogens with zero attached hydrogens (tertiary/aromatic N) is 2. The average Bonchev–Trinajstić information content (AvgIpc) is 3.05. The third-order valence-electron chi connectivity index (χ3n) is 4.78. The van der Waals surface area contributed by atoms with Gasteiger partial charge in [-0.25, -0.2) is 9.59 Å². The molecule has 1 heterocycles. The summed E-state index contributed by atoms with van der Waals surface area (Å²) in [5.41, 5.74) is 0.406. The van der Waals surface area contributed by atoms with Gasteiger partial charge < -0.3 is 15.3 Å². The molecule has 1 saturated heterocycles. The van der Waals surface area contributed by atoms with E-state index in [0.717, 1.165) is 0 Å². The summed E-state index contributed by atoms with van der Waals surface area (Å²) >= 11 is 24.4. The first kappa shape index (κ1) is 23.5. The summed E-state index contributed by atoms with van der Waals surface area (Å²) in [5, 5.41) is 12.8. The zero-order valence-corrected chi connectivity index (χ0v) is 19.0. The average molecular weight is 505 g/mol. The number of hydrogen-bond donors (Lipinski definition) is 2. The highest BCUT2D eigenvalue weighted by Crippen LogP contribution is 2.35. The normalized spacial score (nSPS) is 14.6. The zero-order chi connectivity index (χ0) is 22.7. The van der Waals surface area contributed by atoms with Crippen LogP contribution in [0.3, 0.4) is 0 Å². The van der Waals surface area contributed by atoms with Crippen molar-refractivity contribution in [3.05, 3.63) is 62.1 Å². The molecule has 3 amide bonds. The first-order valence-electron chi connectivity index (χ1n) is 9.19. The number of carbonyl (C=O) groups excluding carboxylic acids is 2. The van der Waals surface area contributed by atoms with Gasteiger partial charge in [0.05, 0.1) is 31.3 Å². The second kappa shape index (κ2) is 9.96. The maximum Gasteiger partial charge on any atom is 0.326 e. The largest absolute Gasteiger partial charge is 0.480 e. The summed E-state index contributed by atoms with van der Waals surface area (Å²) < 4.78 is 0. The van der Waals surface area contributed by atoms with Gasteiger partial charge in [0.25, 0.3) is 5.91 Å². The van der Waals surface area contributed by atoms with Gasteiger partial charge in [-0.05, 0) is 30.7 Å². The molecule has 11 heteroatoms. The highest BCUT2D eigenvalue weighted by atomic mass is 35.5. The Balaban J connectivity index is 1.66. The fourth-order valence-electron chi connectivity index (χ4n) is 3.23. The van der Waals surface area contributed by atoms with Gasteiger partial charge in [0, 0.05) is 19.6 Å². The number of benzene rings is 2. The Labute approximate surface area is 198 Å². The van der Waals surface area contributed by atoms with Crippen LogP contribution in [-0.4, -0.2) is 53.6 Å². The maximum atomic E-state index is 12.8. The standard InChI is InChI=1S/C20H17Cl4N3O4/c21-11-3-1-4-12(22)16(11)18(28)25-15(19(29)30)7-8-26-9-10-27(20(26)31)17-13(23)5-2-6-14(17)24/h1-6,15H,7-10H2,(H,25,28)(H,29,30). The van der Waals surface area contributed by atoms with Gasteiger partial charge >= 0.3 is 12.0 Å². The van der Waals surface area contributed by atoms with Gasteiger partial charge in [-0.15, -0.1) is 0 Å². The molecule has 164 valence electrons. The molecule has 1 aliphatic heterocycles. The van der Waals surface area contributed by atoms with Crippen molar-refractivity contribution in [2.24, 2.45) is 0 Å². The number of anilines is 1. The monoisotopic (exact) mass is 503 g/mol. The Morgan fingerprint density at radius 1 is 0.968 bits per heavy atom. The van der Waals surface area contributed by atoms with Gasteiger partial charge in [0.15, 0.2) is 0 Å². The molecule has 0 aromatic heterocycles. The van der Waals surface area contributed by atoms with Crippen LogP contribution in [0.1, 0.15) is 16.8 Å². The molecule has 2 aromatic carbocycles. The lowest BCUT2D eigenvalue weighted by Gasteiger charge is -2.22. The molecule has 0 bridgehead atoms. The quantitative estimate of drug-likeness (QED) is 0.565. The first-order chi connectivity index (χ1) is 14.7. The molecule has 1 atom stereocenters. The predicted octanol–water partition coefficient (Wildman–Crippen LogP) is 4.82. The zero-order valence-electron chi connectivity index (χ0n) is 15.9. The van der Waals surface area contributed by atoms with Gasteiger partial charge in [-0.3, -0.25) is 9.69 Å². The highest BCUT2D eigenvalue weighted by molar-refractivity contribution is 6.40. The van der Waals surface area contributed by atoms with Crippen molar-refractivity contribution >= 4 is 70.0 Å². The third-order valence-corrected chi connectivity index (χ3v) is 6.02. The van der Waals surface area contributed by atoms with Crippen molar-refractivity contribution in [1.29, 1.82) is 0 Å². The molecular weight excluding hydrogens is 488 g/mol. The number of amides is 3. The topological polar surface area (TPSA) is 90.0 Å². The van der Waals surface area contributed by atoms with Crippen LogP contribution in [0.5, 0.6) is 0 Å². The molecule has 1 aliphatic rings. The number of carboxylic acid groups (broad SMARTS) is 1. The second-order valence-corrected chi connectivity index (χ2v) is 8.37. The summed E-state index contributed by atoms with van der Waals surface area (Å²) in [4.78, 5) is 39.9. The predicted molar refractivity (Wildman–Crippen MR) is 121 cm³/mol. The van der Waals surface area contributed by atoms with E-state index in [1.165, 1.54) is 21.9 Å². The van der Waals surface area contributed by atoms with E-state index < -0.39 is 17.9 Å². The lowest BCUT2D eigenvalue weighted by molar-refractivity contribution is -0.139. The van der Waals surface area contributed by atoms with Crippen molar-refractivity contribution in [2.75, 3.05) is 24.5 Å². The number of rotatable bonds is 7. The van der Waals surface area contributed by atoms with Crippen LogP contribution >= 0.6 is 46.4 Å². The van der Waals surface area contributed by atoms with Crippen LogP contribution in [0, 0.1) is 0 Å². The van der Waals surface area contributed by atoms with E-state index in [4.69, 9.17) is 46.4 Å². The summed E-state index contributed by atoms with van der Waals surface area (Å²) in [6.07, 6.45) is -0.0149. The maximum absolute atomic E-state index is 12.8. The molecule has 0 radical (unpaired) electrons. The smallest absolute Gasteiger partial charge is 0.326 e. The summed E-state index contributed by atoms with van der Waals surface area (Å²) in [6, 6.07) is 7.89. The number of carbonyl (C=O) groups is 3. The van der Waals surface area contributed by atoms with E-state index in [1.807, 2.05) is 0 Å². The van der Waals surface area contributed by atoms with Crippen LogP contribution in [-0.2, 0) is 4.79 Å². The van der Waals surface area contributed by atoms with E-state index in [9.17, 15) is 19.5 Å². The van der Waals surface area contributed by atoms with E-state index in [-0.39, 0.29) is 34.6 Å². The lowest BCUT2D eigenvalue weighted by atomic mass is 10.1. The molecule has 2 N–H and O–H groups in total. The van der Waals surface area contributed by atoms with Gasteiger partial charge in [-0.2, -0.15) is 0 Å². The minimum Gasteiger partial charge on any atom is -0.480 e. The minimum atomic E-state index is -1.24. The summed E-state index contributed by atoms with van der Waals surface area (Å²) in [5.74, 6) is -1.95. The van der Waals surface area contributed by atoms with Crippen molar-refractivity contribution in [2.45, 2.75) is 12.5 Å². The number of carboxylic acids is 1. The number of nitrogens with one attached hydrogen (secondary N) is 1. The van der Waals surface area contributed by atoms with E-state index >= 15 is 0 Å². The van der Waals surface area contributed by atoms with E-state index in [1.54, 1.807) is 24.3 Å². The van der Waals surface area contributed by atoms with Crippen LogP contribution in [0.25, 0.3) is 0 Å². The summed E-state index contributed by atoms with van der Waals surface area (Å²) in [6.45, 7) is 0.809. The van der Waals surface area contributed by atoms with E-state index in [0.29, 0.717) is 28.8 Å². The van der Waals surface area contributed by atoms with Crippen LogP contribution < -0.4 is 10.2 Å². The molecule has 3 rings (SSSR count). The lowest BCUT2D eigenvalue weighted by Crippen LogP contribution is -2.44. The number of hydrogen-bond acceptors (Lipinski definition) is 3. The number of halogens is 4. The van der Waals surface area contributed by atoms with Crippen molar-refractivity contribution < 1.29 is 19.5 Å². The third kappa shape index (κ3) is 5.18. The molecule has 1 unspecified atom stereocenters. The molecule has 31 heavy (non-hydrogen) atoms. The Morgan fingerprint density at radius 3 is 2.06 bits per heavy atom. The van der Waals surface area contributed by atoms with Gasteiger partial charge in [-0.1, -0.05) is 58.5 Å². The fraction of sp³-hybridized carbons (Fsp3) is 0.250. The van der Waals surface area contributed by atoms with Crippen LogP contribution in [0.4, 0.5) is 10.5 Å². The van der Waals surface area contributed by atoms with Gasteiger partial charge in [0.2, 0.25) is 0 Å². The Kier molecular flexibility index (Phi) is 7.54.